The van der Waals surface area contributed by atoms with E-state index in [2.05, 4.69) is 42.8 Å². The van der Waals surface area contributed by atoms with Crippen LogP contribution in [0.15, 0.2) is 22.7 Å². The minimum Gasteiger partial charge on any atom is -0.489 e. The van der Waals surface area contributed by atoms with Crippen LogP contribution in [-0.2, 0) is 5.41 Å². The molecule has 90 valence electrons. The van der Waals surface area contributed by atoms with E-state index in [9.17, 15) is 0 Å². The second-order valence-electron chi connectivity index (χ2n) is 5.05. The van der Waals surface area contributed by atoms with E-state index in [0.717, 1.165) is 10.2 Å². The lowest BCUT2D eigenvalue weighted by Crippen LogP contribution is -2.24. The molecule has 16 heavy (non-hydrogen) atoms. The molecule has 1 rings (SSSR count). The van der Waals surface area contributed by atoms with E-state index < -0.39 is 0 Å². The molecule has 0 fully saturated rings. The monoisotopic (exact) mass is 285 g/mol. The third-order valence-electron chi connectivity index (χ3n) is 2.41. The number of benzene rings is 1. The Morgan fingerprint density at radius 1 is 1.38 bits per heavy atom. The van der Waals surface area contributed by atoms with Gasteiger partial charge in [0, 0.05) is 16.6 Å². The second-order valence-corrected chi connectivity index (χ2v) is 5.97. The molecule has 0 heterocycles. The molecular weight excluding hydrogens is 266 g/mol. The fourth-order valence-electron chi connectivity index (χ4n) is 1.46. The van der Waals surface area contributed by atoms with Crippen molar-refractivity contribution < 1.29 is 4.74 Å². The lowest BCUT2D eigenvalue weighted by Gasteiger charge is -2.24. The van der Waals surface area contributed by atoms with E-state index in [1.165, 1.54) is 5.56 Å². The standard InChI is InChI=1S/C13H20BrNO/c1-9(8-15)16-12-6-5-10(14)7-11(12)13(2,3)4/h5-7,9H,8,15H2,1-4H3. The normalized spacial score (nSPS) is 13.6. The van der Waals surface area contributed by atoms with Crippen molar-refractivity contribution >= 4 is 15.9 Å². The minimum atomic E-state index is 0.0438. The van der Waals surface area contributed by atoms with Crippen molar-refractivity contribution in [2.75, 3.05) is 6.54 Å². The molecule has 1 aromatic rings. The van der Waals surface area contributed by atoms with Crippen LogP contribution in [0, 0.1) is 0 Å². The van der Waals surface area contributed by atoms with Crippen molar-refractivity contribution in [3.8, 4) is 5.75 Å². The average Bonchev–Trinajstić information content (AvgIpc) is 2.19. The summed E-state index contributed by atoms with van der Waals surface area (Å²) >= 11 is 3.49. The van der Waals surface area contributed by atoms with Crippen molar-refractivity contribution in [3.05, 3.63) is 28.2 Å². The van der Waals surface area contributed by atoms with Gasteiger partial charge in [-0.25, -0.2) is 0 Å². The molecule has 1 atom stereocenters. The zero-order valence-corrected chi connectivity index (χ0v) is 12.0. The second kappa shape index (κ2) is 5.19. The quantitative estimate of drug-likeness (QED) is 0.923. The maximum Gasteiger partial charge on any atom is 0.123 e. The molecule has 0 radical (unpaired) electrons. The van der Waals surface area contributed by atoms with Crippen molar-refractivity contribution in [1.82, 2.24) is 0 Å². The van der Waals surface area contributed by atoms with Gasteiger partial charge in [-0.05, 0) is 30.5 Å². The van der Waals surface area contributed by atoms with E-state index >= 15 is 0 Å². The predicted molar refractivity (Wildman–Crippen MR) is 72.0 cm³/mol. The molecule has 0 amide bonds. The zero-order chi connectivity index (χ0) is 12.3. The highest BCUT2D eigenvalue weighted by molar-refractivity contribution is 9.10. The van der Waals surface area contributed by atoms with Crippen molar-refractivity contribution in [3.63, 3.8) is 0 Å². The number of hydrogen-bond acceptors (Lipinski definition) is 2. The van der Waals surface area contributed by atoms with Gasteiger partial charge in [0.2, 0.25) is 0 Å². The molecule has 1 aromatic carbocycles. The Morgan fingerprint density at radius 3 is 2.50 bits per heavy atom. The summed E-state index contributed by atoms with van der Waals surface area (Å²) in [6.07, 6.45) is 0.0438. The first-order chi connectivity index (χ1) is 7.34. The maximum absolute atomic E-state index is 5.83. The molecule has 0 aromatic heterocycles. The summed E-state index contributed by atoms with van der Waals surface area (Å²) in [6.45, 7) is 9.03. The molecule has 2 nitrogen and oxygen atoms in total. The van der Waals surface area contributed by atoms with E-state index in [0.29, 0.717) is 6.54 Å². The average molecular weight is 286 g/mol. The lowest BCUT2D eigenvalue weighted by atomic mass is 9.86. The molecular formula is C13H20BrNO. The Balaban J connectivity index is 3.08. The molecule has 0 saturated carbocycles. The van der Waals surface area contributed by atoms with Crippen molar-refractivity contribution in [1.29, 1.82) is 0 Å². The molecule has 0 bridgehead atoms. The van der Waals surface area contributed by atoms with Gasteiger partial charge in [-0.2, -0.15) is 0 Å². The summed E-state index contributed by atoms with van der Waals surface area (Å²) in [7, 11) is 0. The lowest BCUT2D eigenvalue weighted by molar-refractivity contribution is 0.224. The number of halogens is 1. The Kier molecular flexibility index (Phi) is 4.39. The minimum absolute atomic E-state index is 0.0438. The third-order valence-corrected chi connectivity index (χ3v) is 2.90. The Morgan fingerprint density at radius 2 is 2.00 bits per heavy atom. The SMILES string of the molecule is CC(CN)Oc1ccc(Br)cc1C(C)(C)C. The van der Waals surface area contributed by atoms with E-state index in [1.807, 2.05) is 19.1 Å². The van der Waals surface area contributed by atoms with Crippen LogP contribution in [0.4, 0.5) is 0 Å². The van der Waals surface area contributed by atoms with Gasteiger partial charge < -0.3 is 10.5 Å². The van der Waals surface area contributed by atoms with Crippen LogP contribution in [0.2, 0.25) is 0 Å². The number of nitrogens with two attached hydrogens (primary N) is 1. The van der Waals surface area contributed by atoms with Gasteiger partial charge in [-0.3, -0.25) is 0 Å². The molecule has 0 aliphatic heterocycles. The first-order valence-electron chi connectivity index (χ1n) is 5.51. The van der Waals surface area contributed by atoms with E-state index in [4.69, 9.17) is 10.5 Å². The summed E-state index contributed by atoms with van der Waals surface area (Å²) in [4.78, 5) is 0. The van der Waals surface area contributed by atoms with Gasteiger partial charge in [0.15, 0.2) is 0 Å². The summed E-state index contributed by atoms with van der Waals surface area (Å²) in [6, 6.07) is 6.10. The zero-order valence-electron chi connectivity index (χ0n) is 10.4. The van der Waals surface area contributed by atoms with Crippen LogP contribution in [0.5, 0.6) is 5.75 Å². The summed E-state index contributed by atoms with van der Waals surface area (Å²) < 4.78 is 6.90. The van der Waals surface area contributed by atoms with Crippen LogP contribution < -0.4 is 10.5 Å². The molecule has 1 unspecified atom stereocenters. The predicted octanol–water partition coefficient (Wildman–Crippen LogP) is 3.47. The Labute approximate surface area is 106 Å². The van der Waals surface area contributed by atoms with Gasteiger partial charge in [0.05, 0.1) is 0 Å². The highest BCUT2D eigenvalue weighted by atomic mass is 79.9. The molecule has 0 saturated heterocycles. The molecule has 0 spiro atoms. The summed E-state index contributed by atoms with van der Waals surface area (Å²) in [5.74, 6) is 0.925. The van der Waals surface area contributed by atoms with Gasteiger partial charge in [0.25, 0.3) is 0 Å². The van der Waals surface area contributed by atoms with Crippen LogP contribution >= 0.6 is 15.9 Å². The van der Waals surface area contributed by atoms with Gasteiger partial charge in [0.1, 0.15) is 11.9 Å². The topological polar surface area (TPSA) is 35.2 Å². The Hall–Kier alpha value is -0.540. The fourth-order valence-corrected chi connectivity index (χ4v) is 1.82. The largest absolute Gasteiger partial charge is 0.489 e. The number of rotatable bonds is 3. The smallest absolute Gasteiger partial charge is 0.123 e. The molecule has 3 heteroatoms. The maximum atomic E-state index is 5.83. The van der Waals surface area contributed by atoms with Crippen LogP contribution in [0.3, 0.4) is 0 Å². The fraction of sp³-hybridized carbons (Fsp3) is 0.538. The number of ether oxygens (including phenoxy) is 1. The first-order valence-corrected chi connectivity index (χ1v) is 6.30. The van der Waals surface area contributed by atoms with Crippen molar-refractivity contribution in [2.24, 2.45) is 5.73 Å². The molecule has 0 aliphatic carbocycles. The number of hydrogen-bond donors (Lipinski definition) is 1. The summed E-state index contributed by atoms with van der Waals surface area (Å²) in [5.41, 5.74) is 6.83. The van der Waals surface area contributed by atoms with E-state index in [-0.39, 0.29) is 11.5 Å². The first kappa shape index (κ1) is 13.5. The van der Waals surface area contributed by atoms with E-state index in [1.54, 1.807) is 0 Å². The summed E-state index contributed by atoms with van der Waals surface area (Å²) in [5, 5.41) is 0. The third kappa shape index (κ3) is 3.49. The van der Waals surface area contributed by atoms with Crippen LogP contribution in [0.1, 0.15) is 33.3 Å². The molecule has 0 aliphatic rings. The van der Waals surface area contributed by atoms with Gasteiger partial charge in [-0.15, -0.1) is 0 Å². The van der Waals surface area contributed by atoms with Crippen LogP contribution in [0.25, 0.3) is 0 Å². The highest BCUT2D eigenvalue weighted by Crippen LogP contribution is 2.34. The van der Waals surface area contributed by atoms with Crippen molar-refractivity contribution in [2.45, 2.75) is 39.2 Å². The van der Waals surface area contributed by atoms with Gasteiger partial charge >= 0.3 is 0 Å². The van der Waals surface area contributed by atoms with Crippen LogP contribution in [-0.4, -0.2) is 12.6 Å². The highest BCUT2D eigenvalue weighted by Gasteiger charge is 2.20. The molecule has 2 N–H and O–H groups in total. The van der Waals surface area contributed by atoms with Gasteiger partial charge in [-0.1, -0.05) is 36.7 Å². The Bertz CT molecular complexity index is 357.